The fourth-order valence-electron chi connectivity index (χ4n) is 1.01. The number of hydrogen-bond donors (Lipinski definition) is 1. The first kappa shape index (κ1) is 9.92. The molecule has 1 aromatic heterocycles. The molecular weight excluding hydrogens is 188 g/mol. The third-order valence-electron chi connectivity index (χ3n) is 1.52. The molecule has 1 rings (SSSR count). The van der Waals surface area contributed by atoms with Gasteiger partial charge in [-0.1, -0.05) is 0 Å². The van der Waals surface area contributed by atoms with Crippen LogP contribution in [0.3, 0.4) is 0 Å². The molecule has 0 atom stereocenters. The van der Waals surface area contributed by atoms with Gasteiger partial charge in [-0.15, -0.1) is 11.3 Å². The number of thiophene rings is 1. The number of aryl methyl sites for hydroxylation is 1. The molecule has 70 valence electrons. The zero-order valence-corrected chi connectivity index (χ0v) is 8.06. The second-order valence-electron chi connectivity index (χ2n) is 2.80. The summed E-state index contributed by atoms with van der Waals surface area (Å²) in [6, 6.07) is 3.79. The Hall–Kier alpha value is -1.16. The van der Waals surface area contributed by atoms with Gasteiger partial charge in [-0.25, -0.2) is 0 Å². The molecule has 0 amide bonds. The number of carboxylic acids is 1. The molecule has 0 aliphatic rings. The molecule has 0 radical (unpaired) electrons. The number of ketones is 1. The highest BCUT2D eigenvalue weighted by molar-refractivity contribution is 7.12. The van der Waals surface area contributed by atoms with E-state index < -0.39 is 5.97 Å². The van der Waals surface area contributed by atoms with E-state index in [4.69, 9.17) is 5.11 Å². The molecule has 3 nitrogen and oxygen atoms in total. The molecule has 0 fully saturated rings. The molecule has 0 spiro atoms. The van der Waals surface area contributed by atoms with Crippen LogP contribution < -0.4 is 0 Å². The summed E-state index contributed by atoms with van der Waals surface area (Å²) in [5.74, 6) is -1.30. The third-order valence-corrected chi connectivity index (χ3v) is 2.52. The predicted octanol–water partition coefficient (Wildman–Crippen LogP) is 1.64. The third kappa shape index (κ3) is 3.38. The van der Waals surface area contributed by atoms with Crippen LogP contribution in [-0.4, -0.2) is 16.9 Å². The van der Waals surface area contributed by atoms with Crippen LogP contribution in [0.25, 0.3) is 0 Å². The first-order valence-corrected chi connectivity index (χ1v) is 4.68. The normalized spacial score (nSPS) is 9.92. The summed E-state index contributed by atoms with van der Waals surface area (Å²) in [5, 5.41) is 8.35. The summed E-state index contributed by atoms with van der Waals surface area (Å²) in [5.41, 5.74) is 0. The van der Waals surface area contributed by atoms with E-state index in [9.17, 15) is 9.59 Å². The van der Waals surface area contributed by atoms with E-state index in [1.807, 2.05) is 19.1 Å². The first-order valence-electron chi connectivity index (χ1n) is 3.87. The summed E-state index contributed by atoms with van der Waals surface area (Å²) >= 11 is 1.53. The second-order valence-corrected chi connectivity index (χ2v) is 4.17. The Kier molecular flexibility index (Phi) is 3.19. The number of rotatable bonds is 4. The van der Waals surface area contributed by atoms with Crippen LogP contribution in [0.15, 0.2) is 12.1 Å². The highest BCUT2D eigenvalue weighted by Crippen LogP contribution is 2.16. The molecule has 1 heterocycles. The maximum atomic E-state index is 11.1. The molecule has 1 N–H and O–H groups in total. The Morgan fingerprint density at radius 1 is 1.46 bits per heavy atom. The van der Waals surface area contributed by atoms with Gasteiger partial charge in [0.25, 0.3) is 0 Å². The summed E-state index contributed by atoms with van der Waals surface area (Å²) in [7, 11) is 0. The Bertz CT molecular complexity index is 327. The van der Waals surface area contributed by atoms with Gasteiger partial charge in [-0.3, -0.25) is 9.59 Å². The lowest BCUT2D eigenvalue weighted by molar-refractivity contribution is -0.140. The molecule has 0 aliphatic carbocycles. The Morgan fingerprint density at radius 3 is 2.62 bits per heavy atom. The van der Waals surface area contributed by atoms with Crippen molar-refractivity contribution in [3.63, 3.8) is 0 Å². The number of hydrogen-bond acceptors (Lipinski definition) is 3. The van der Waals surface area contributed by atoms with Gasteiger partial charge < -0.3 is 5.11 Å². The van der Waals surface area contributed by atoms with E-state index in [0.29, 0.717) is 0 Å². The molecular formula is C9H10O3S. The van der Waals surface area contributed by atoms with Gasteiger partial charge in [0.05, 0.1) is 0 Å². The molecule has 0 saturated carbocycles. The van der Waals surface area contributed by atoms with Crippen molar-refractivity contribution in [1.29, 1.82) is 0 Å². The average molecular weight is 198 g/mol. The molecule has 0 aliphatic heterocycles. The topological polar surface area (TPSA) is 54.4 Å². The van der Waals surface area contributed by atoms with E-state index in [0.717, 1.165) is 9.75 Å². The Labute approximate surface area is 80.0 Å². The van der Waals surface area contributed by atoms with Gasteiger partial charge in [0.2, 0.25) is 0 Å². The quantitative estimate of drug-likeness (QED) is 0.748. The van der Waals surface area contributed by atoms with Crippen molar-refractivity contribution in [3.05, 3.63) is 21.9 Å². The minimum Gasteiger partial charge on any atom is -0.481 e. The standard InChI is InChI=1S/C9H10O3S/c1-6-2-3-8(13-6)4-7(10)5-9(11)12/h2-3H,4-5H2,1H3,(H,11,12). The van der Waals surface area contributed by atoms with Crippen molar-refractivity contribution < 1.29 is 14.7 Å². The molecule has 13 heavy (non-hydrogen) atoms. The summed E-state index contributed by atoms with van der Waals surface area (Å²) in [6.45, 7) is 1.95. The van der Waals surface area contributed by atoms with Crippen molar-refractivity contribution in [2.75, 3.05) is 0 Å². The fraction of sp³-hybridized carbons (Fsp3) is 0.333. The van der Waals surface area contributed by atoms with Gasteiger partial charge in [0, 0.05) is 16.2 Å². The summed E-state index contributed by atoms with van der Waals surface area (Å²) < 4.78 is 0. The zero-order valence-electron chi connectivity index (χ0n) is 7.24. The summed E-state index contributed by atoms with van der Waals surface area (Å²) in [6.07, 6.45) is -0.137. The van der Waals surface area contributed by atoms with E-state index in [-0.39, 0.29) is 18.6 Å². The van der Waals surface area contributed by atoms with Gasteiger partial charge in [-0.2, -0.15) is 0 Å². The predicted molar refractivity (Wildman–Crippen MR) is 50.0 cm³/mol. The van der Waals surface area contributed by atoms with Crippen LogP contribution in [0.1, 0.15) is 16.2 Å². The van der Waals surface area contributed by atoms with Gasteiger partial charge in [0.15, 0.2) is 0 Å². The van der Waals surface area contributed by atoms with E-state index in [1.54, 1.807) is 0 Å². The average Bonchev–Trinajstić information content (AvgIpc) is 2.33. The van der Waals surface area contributed by atoms with Crippen molar-refractivity contribution in [1.82, 2.24) is 0 Å². The van der Waals surface area contributed by atoms with Crippen LogP contribution in [0.4, 0.5) is 0 Å². The minimum absolute atomic E-state index is 0.241. The largest absolute Gasteiger partial charge is 0.481 e. The molecule has 0 saturated heterocycles. The van der Waals surface area contributed by atoms with Crippen LogP contribution in [0.5, 0.6) is 0 Å². The van der Waals surface area contributed by atoms with Gasteiger partial charge >= 0.3 is 5.97 Å². The van der Waals surface area contributed by atoms with E-state index >= 15 is 0 Å². The van der Waals surface area contributed by atoms with Crippen molar-refractivity contribution in [3.8, 4) is 0 Å². The molecule has 1 aromatic rings. The minimum atomic E-state index is -1.06. The number of aliphatic carboxylic acids is 1. The lowest BCUT2D eigenvalue weighted by Gasteiger charge is -1.93. The lowest BCUT2D eigenvalue weighted by atomic mass is 10.2. The van der Waals surface area contributed by atoms with Crippen LogP contribution in [-0.2, 0) is 16.0 Å². The monoisotopic (exact) mass is 198 g/mol. The number of carbonyl (C=O) groups excluding carboxylic acids is 1. The van der Waals surface area contributed by atoms with E-state index in [1.165, 1.54) is 11.3 Å². The molecule has 0 bridgehead atoms. The number of Topliss-reactive ketones (excluding diaryl/α,β-unsaturated/α-hetero) is 1. The smallest absolute Gasteiger partial charge is 0.310 e. The van der Waals surface area contributed by atoms with E-state index in [2.05, 4.69) is 0 Å². The lowest BCUT2D eigenvalue weighted by Crippen LogP contribution is -2.08. The first-order chi connectivity index (χ1) is 6.08. The zero-order chi connectivity index (χ0) is 9.84. The fourth-order valence-corrected chi connectivity index (χ4v) is 1.92. The maximum absolute atomic E-state index is 11.1. The van der Waals surface area contributed by atoms with Crippen LogP contribution in [0, 0.1) is 6.92 Å². The molecule has 0 aromatic carbocycles. The maximum Gasteiger partial charge on any atom is 0.310 e. The molecule has 4 heteroatoms. The van der Waals surface area contributed by atoms with Gasteiger partial charge in [-0.05, 0) is 19.1 Å². The van der Waals surface area contributed by atoms with Crippen LogP contribution in [0.2, 0.25) is 0 Å². The second kappa shape index (κ2) is 4.18. The van der Waals surface area contributed by atoms with Gasteiger partial charge in [0.1, 0.15) is 12.2 Å². The highest BCUT2D eigenvalue weighted by Gasteiger charge is 2.09. The Balaban J connectivity index is 2.50. The number of carboxylic acid groups (broad SMARTS) is 1. The molecule has 0 unspecified atom stereocenters. The highest BCUT2D eigenvalue weighted by atomic mass is 32.1. The van der Waals surface area contributed by atoms with Crippen LogP contribution >= 0.6 is 11.3 Å². The van der Waals surface area contributed by atoms with Crippen molar-refractivity contribution in [2.24, 2.45) is 0 Å². The SMILES string of the molecule is Cc1ccc(CC(=O)CC(=O)O)s1. The van der Waals surface area contributed by atoms with Crippen molar-refractivity contribution in [2.45, 2.75) is 19.8 Å². The Morgan fingerprint density at radius 2 is 2.15 bits per heavy atom. The van der Waals surface area contributed by atoms with Crippen molar-refractivity contribution >= 4 is 23.1 Å². The summed E-state index contributed by atoms with van der Waals surface area (Å²) in [4.78, 5) is 23.3. The number of carbonyl (C=O) groups is 2.